The molecular formula is C19H13ClFN3O2. The summed E-state index contributed by atoms with van der Waals surface area (Å²) in [7, 11) is 0. The normalized spacial score (nSPS) is 10.2. The number of hydrogen-bond acceptors (Lipinski definition) is 3. The van der Waals surface area contributed by atoms with Crippen LogP contribution in [-0.4, -0.2) is 16.8 Å². The molecule has 0 saturated carbocycles. The van der Waals surface area contributed by atoms with Crippen LogP contribution in [0.4, 0.5) is 15.8 Å². The molecule has 1 aromatic heterocycles. The van der Waals surface area contributed by atoms with Crippen LogP contribution in [0, 0.1) is 5.82 Å². The number of aromatic nitrogens is 1. The molecule has 3 rings (SSSR count). The zero-order chi connectivity index (χ0) is 18.5. The lowest BCUT2D eigenvalue weighted by molar-refractivity contribution is 0.101. The monoisotopic (exact) mass is 369 g/mol. The number of halogens is 2. The third kappa shape index (κ3) is 4.23. The molecule has 3 aromatic rings. The standard InChI is InChI=1S/C19H13ClFN3O2/c20-13-4-5-17(21)16(10-13)19(26)24-15-3-1-2-14(11-15)23-18(25)12-6-8-22-9-7-12/h1-11H,(H,23,25)(H,24,26). The van der Waals surface area contributed by atoms with Gasteiger partial charge in [0.1, 0.15) is 5.82 Å². The average molecular weight is 370 g/mol. The first-order valence-corrected chi connectivity index (χ1v) is 7.98. The van der Waals surface area contributed by atoms with E-state index in [-0.39, 0.29) is 16.5 Å². The Labute approximate surface area is 153 Å². The molecule has 130 valence electrons. The Morgan fingerprint density at radius 3 is 2.23 bits per heavy atom. The minimum absolute atomic E-state index is 0.163. The van der Waals surface area contributed by atoms with Crippen LogP contribution in [0.2, 0.25) is 5.02 Å². The molecule has 0 bridgehead atoms. The molecule has 0 atom stereocenters. The van der Waals surface area contributed by atoms with E-state index in [1.165, 1.54) is 24.5 Å². The SMILES string of the molecule is O=C(Nc1cccc(NC(=O)c2cc(Cl)ccc2F)c1)c1ccncc1. The highest BCUT2D eigenvalue weighted by atomic mass is 35.5. The summed E-state index contributed by atoms with van der Waals surface area (Å²) in [4.78, 5) is 28.3. The molecule has 5 nitrogen and oxygen atoms in total. The van der Waals surface area contributed by atoms with E-state index in [9.17, 15) is 14.0 Å². The number of rotatable bonds is 4. The van der Waals surface area contributed by atoms with E-state index in [0.29, 0.717) is 16.9 Å². The van der Waals surface area contributed by atoms with E-state index in [0.717, 1.165) is 6.07 Å². The maximum absolute atomic E-state index is 13.8. The zero-order valence-electron chi connectivity index (χ0n) is 13.4. The molecule has 0 saturated heterocycles. The van der Waals surface area contributed by atoms with Crippen molar-refractivity contribution in [2.75, 3.05) is 10.6 Å². The van der Waals surface area contributed by atoms with E-state index in [1.807, 2.05) is 0 Å². The summed E-state index contributed by atoms with van der Waals surface area (Å²) in [6.45, 7) is 0. The maximum Gasteiger partial charge on any atom is 0.258 e. The van der Waals surface area contributed by atoms with E-state index in [2.05, 4.69) is 15.6 Å². The topological polar surface area (TPSA) is 71.1 Å². The van der Waals surface area contributed by atoms with Crippen LogP contribution in [0.15, 0.2) is 67.0 Å². The Kier molecular flexibility index (Phi) is 5.24. The van der Waals surface area contributed by atoms with Gasteiger partial charge in [-0.25, -0.2) is 4.39 Å². The predicted octanol–water partition coefficient (Wildman–Crippen LogP) is 4.38. The van der Waals surface area contributed by atoms with Gasteiger partial charge in [-0.3, -0.25) is 14.6 Å². The Morgan fingerprint density at radius 2 is 1.54 bits per heavy atom. The van der Waals surface area contributed by atoms with E-state index < -0.39 is 11.7 Å². The van der Waals surface area contributed by atoms with Crippen molar-refractivity contribution in [1.29, 1.82) is 0 Å². The van der Waals surface area contributed by atoms with Crippen molar-refractivity contribution in [1.82, 2.24) is 4.98 Å². The third-order valence-corrected chi connectivity index (χ3v) is 3.73. The van der Waals surface area contributed by atoms with Crippen molar-refractivity contribution in [3.63, 3.8) is 0 Å². The highest BCUT2D eigenvalue weighted by molar-refractivity contribution is 6.31. The minimum Gasteiger partial charge on any atom is -0.322 e. The van der Waals surface area contributed by atoms with Crippen molar-refractivity contribution in [2.24, 2.45) is 0 Å². The summed E-state index contributed by atoms with van der Waals surface area (Å²) >= 11 is 5.81. The molecule has 0 aliphatic heterocycles. The van der Waals surface area contributed by atoms with Gasteiger partial charge in [0, 0.05) is 34.4 Å². The predicted molar refractivity (Wildman–Crippen MR) is 98.0 cm³/mol. The Balaban J connectivity index is 1.74. The molecule has 0 fully saturated rings. The first-order valence-electron chi connectivity index (χ1n) is 7.61. The van der Waals surface area contributed by atoms with Crippen molar-refractivity contribution in [3.8, 4) is 0 Å². The van der Waals surface area contributed by atoms with Crippen molar-refractivity contribution >= 4 is 34.8 Å². The molecule has 0 unspecified atom stereocenters. The molecule has 7 heteroatoms. The van der Waals surface area contributed by atoms with E-state index >= 15 is 0 Å². The van der Waals surface area contributed by atoms with Crippen molar-refractivity contribution in [2.45, 2.75) is 0 Å². The number of carbonyl (C=O) groups is 2. The van der Waals surface area contributed by atoms with Gasteiger partial charge < -0.3 is 10.6 Å². The van der Waals surface area contributed by atoms with Crippen LogP contribution >= 0.6 is 11.6 Å². The first kappa shape index (κ1) is 17.6. The molecule has 0 spiro atoms. The number of pyridine rings is 1. The molecule has 26 heavy (non-hydrogen) atoms. The third-order valence-electron chi connectivity index (χ3n) is 3.49. The average Bonchev–Trinajstić information content (AvgIpc) is 2.64. The second-order valence-corrected chi connectivity index (χ2v) is 5.79. The van der Waals surface area contributed by atoms with Gasteiger partial charge in [0.05, 0.1) is 5.56 Å². The molecular weight excluding hydrogens is 357 g/mol. The molecule has 0 radical (unpaired) electrons. The molecule has 1 heterocycles. The van der Waals surface area contributed by atoms with Gasteiger partial charge in [-0.05, 0) is 48.5 Å². The largest absolute Gasteiger partial charge is 0.322 e. The van der Waals surface area contributed by atoms with Gasteiger partial charge in [0.15, 0.2) is 0 Å². The summed E-state index contributed by atoms with van der Waals surface area (Å²) in [5.41, 5.74) is 1.18. The lowest BCUT2D eigenvalue weighted by Gasteiger charge is -2.09. The number of hydrogen-bond donors (Lipinski definition) is 2. The van der Waals surface area contributed by atoms with Crippen LogP contribution in [-0.2, 0) is 0 Å². The summed E-state index contributed by atoms with van der Waals surface area (Å²) in [5.74, 6) is -1.62. The Morgan fingerprint density at radius 1 is 0.885 bits per heavy atom. The molecule has 0 aliphatic carbocycles. The lowest BCUT2D eigenvalue weighted by Crippen LogP contribution is -2.15. The van der Waals surface area contributed by atoms with Crippen LogP contribution in [0.5, 0.6) is 0 Å². The van der Waals surface area contributed by atoms with Gasteiger partial charge in [0.2, 0.25) is 0 Å². The Hall–Kier alpha value is -3.25. The van der Waals surface area contributed by atoms with Gasteiger partial charge in [-0.2, -0.15) is 0 Å². The fourth-order valence-electron chi connectivity index (χ4n) is 2.25. The van der Waals surface area contributed by atoms with Crippen LogP contribution in [0.25, 0.3) is 0 Å². The maximum atomic E-state index is 13.8. The van der Waals surface area contributed by atoms with Crippen LogP contribution in [0.1, 0.15) is 20.7 Å². The van der Waals surface area contributed by atoms with Crippen molar-refractivity contribution < 1.29 is 14.0 Å². The molecule has 2 N–H and O–H groups in total. The molecule has 2 amide bonds. The Bertz CT molecular complexity index is 964. The van der Waals surface area contributed by atoms with Crippen LogP contribution in [0.3, 0.4) is 0 Å². The highest BCUT2D eigenvalue weighted by Gasteiger charge is 2.13. The summed E-state index contributed by atoms with van der Waals surface area (Å²) in [6.07, 6.45) is 3.04. The number of nitrogens with zero attached hydrogens (tertiary/aromatic N) is 1. The van der Waals surface area contributed by atoms with Gasteiger partial charge in [0.25, 0.3) is 11.8 Å². The molecule has 0 aliphatic rings. The van der Waals surface area contributed by atoms with Crippen molar-refractivity contribution in [3.05, 3.63) is 89.0 Å². The zero-order valence-corrected chi connectivity index (χ0v) is 14.1. The number of anilines is 2. The smallest absolute Gasteiger partial charge is 0.258 e. The van der Waals surface area contributed by atoms with Gasteiger partial charge in [-0.1, -0.05) is 17.7 Å². The summed E-state index contributed by atoms with van der Waals surface area (Å²) < 4.78 is 13.8. The quantitative estimate of drug-likeness (QED) is 0.717. The fraction of sp³-hybridized carbons (Fsp3) is 0. The second kappa shape index (κ2) is 7.76. The summed E-state index contributed by atoms with van der Waals surface area (Å²) in [5, 5.41) is 5.56. The molecule has 2 aromatic carbocycles. The van der Waals surface area contributed by atoms with Gasteiger partial charge >= 0.3 is 0 Å². The summed E-state index contributed by atoms with van der Waals surface area (Å²) in [6, 6.07) is 13.4. The van der Waals surface area contributed by atoms with E-state index in [4.69, 9.17) is 11.6 Å². The minimum atomic E-state index is -0.672. The van der Waals surface area contributed by atoms with Gasteiger partial charge in [-0.15, -0.1) is 0 Å². The number of benzene rings is 2. The van der Waals surface area contributed by atoms with Crippen LogP contribution < -0.4 is 10.6 Å². The number of nitrogens with one attached hydrogen (secondary N) is 2. The second-order valence-electron chi connectivity index (χ2n) is 5.35. The van der Waals surface area contributed by atoms with E-state index in [1.54, 1.807) is 36.4 Å². The lowest BCUT2D eigenvalue weighted by atomic mass is 10.2. The highest BCUT2D eigenvalue weighted by Crippen LogP contribution is 2.19. The first-order chi connectivity index (χ1) is 12.5. The fourth-order valence-corrected chi connectivity index (χ4v) is 2.42. The number of carbonyl (C=O) groups excluding carboxylic acids is 2. The number of amides is 2.